The molecule has 0 aliphatic carbocycles. The molecule has 0 saturated heterocycles. The molecule has 1 atom stereocenters. The van der Waals surface area contributed by atoms with Gasteiger partial charge >= 0.3 is 0 Å². The smallest absolute Gasteiger partial charge is 0.160 e. The minimum Gasteiger partial charge on any atom is -0.507 e. The summed E-state index contributed by atoms with van der Waals surface area (Å²) in [4.78, 5) is 12.1. The normalized spacial score (nSPS) is 10.9. The Kier molecular flexibility index (Phi) is 11.1. The van der Waals surface area contributed by atoms with E-state index in [2.05, 4.69) is 24.4 Å². The number of aromatic hydroxyl groups is 1. The van der Waals surface area contributed by atoms with Crippen LogP contribution < -0.4 is 5.32 Å². The van der Waals surface area contributed by atoms with Crippen molar-refractivity contribution in [2.24, 2.45) is 0 Å². The minimum atomic E-state index is 0.227. The Morgan fingerprint density at radius 3 is 2.20 bits per heavy atom. The summed E-state index contributed by atoms with van der Waals surface area (Å²) in [5.41, 5.74) is 5.81. The van der Waals surface area contributed by atoms with Crippen molar-refractivity contribution >= 4 is 17.6 Å². The van der Waals surface area contributed by atoms with E-state index in [-0.39, 0.29) is 5.75 Å². The van der Waals surface area contributed by atoms with E-state index in [4.69, 9.17) is 0 Å². The van der Waals surface area contributed by atoms with Crippen LogP contribution in [0.5, 0.6) is 5.75 Å². The molecular formula is C26H35NO2S. The molecule has 0 spiro atoms. The SMILES string of the molecule is CC.CC.CNCC(C)c1ccc(-c2c(O)ccc(C)c2-c2ccsc2C=O)cc1. The summed E-state index contributed by atoms with van der Waals surface area (Å²) >= 11 is 1.42. The Bertz CT molecular complexity index is 913. The first-order valence-corrected chi connectivity index (χ1v) is 11.5. The molecule has 3 rings (SSSR count). The van der Waals surface area contributed by atoms with Gasteiger partial charge in [-0.2, -0.15) is 0 Å². The maximum absolute atomic E-state index is 11.4. The lowest BCUT2D eigenvalue weighted by atomic mass is 9.89. The van der Waals surface area contributed by atoms with Crippen LogP contribution in [0.15, 0.2) is 47.8 Å². The number of hydrogen-bond acceptors (Lipinski definition) is 4. The quantitative estimate of drug-likeness (QED) is 0.408. The number of likely N-dealkylation sites (N-methyl/N-ethyl adjacent to an activating group) is 1. The van der Waals surface area contributed by atoms with Gasteiger partial charge in [-0.05, 0) is 59.7 Å². The second-order valence-corrected chi connectivity index (χ2v) is 7.50. The predicted molar refractivity (Wildman–Crippen MR) is 132 cm³/mol. The van der Waals surface area contributed by atoms with Gasteiger partial charge in [0.1, 0.15) is 5.75 Å². The second-order valence-electron chi connectivity index (χ2n) is 6.55. The van der Waals surface area contributed by atoms with Crippen LogP contribution in [0, 0.1) is 6.92 Å². The zero-order chi connectivity index (χ0) is 22.7. The first-order valence-electron chi connectivity index (χ1n) is 10.7. The van der Waals surface area contributed by atoms with Crippen molar-refractivity contribution in [2.45, 2.75) is 47.5 Å². The monoisotopic (exact) mass is 425 g/mol. The van der Waals surface area contributed by atoms with Gasteiger partial charge in [0, 0.05) is 17.7 Å². The summed E-state index contributed by atoms with van der Waals surface area (Å²) in [6.45, 7) is 13.1. The molecule has 0 saturated carbocycles. The van der Waals surface area contributed by atoms with Gasteiger partial charge in [0.15, 0.2) is 6.29 Å². The first kappa shape index (κ1) is 25.6. The number of phenolic OH excluding ortho intramolecular Hbond substituents is 1. The van der Waals surface area contributed by atoms with Crippen LogP contribution >= 0.6 is 11.3 Å². The summed E-state index contributed by atoms with van der Waals surface area (Å²) in [7, 11) is 1.95. The number of nitrogens with one attached hydrogen (secondary N) is 1. The number of hydrogen-bond donors (Lipinski definition) is 2. The standard InChI is InChI=1S/C22H23NO2S.2C2H6/c1-14-4-9-19(25)22(21(14)18-10-11-26-20(18)13-24)17-7-5-16(6-8-17)15(2)12-23-3;2*1-2/h4-11,13,15,23,25H,12H2,1-3H3;2*1-2H3. The lowest BCUT2D eigenvalue weighted by Gasteiger charge is -2.16. The largest absolute Gasteiger partial charge is 0.507 e. The number of rotatable bonds is 6. The fraction of sp³-hybridized carbons (Fsp3) is 0.346. The Labute approximate surface area is 185 Å². The minimum absolute atomic E-state index is 0.227. The summed E-state index contributed by atoms with van der Waals surface area (Å²) in [6, 6.07) is 13.9. The maximum Gasteiger partial charge on any atom is 0.160 e. The van der Waals surface area contributed by atoms with Crippen LogP contribution in [-0.4, -0.2) is 25.0 Å². The molecular weight excluding hydrogens is 390 g/mol. The number of aldehydes is 1. The summed E-state index contributed by atoms with van der Waals surface area (Å²) in [5.74, 6) is 0.642. The summed E-state index contributed by atoms with van der Waals surface area (Å²) in [6.07, 6.45) is 0.885. The molecule has 4 heteroatoms. The van der Waals surface area contributed by atoms with E-state index >= 15 is 0 Å². The molecule has 0 bridgehead atoms. The molecule has 1 heterocycles. The van der Waals surface area contributed by atoms with Crippen molar-refractivity contribution in [1.29, 1.82) is 0 Å². The molecule has 0 amide bonds. The fourth-order valence-corrected chi connectivity index (χ4v) is 4.06. The van der Waals surface area contributed by atoms with Crippen LogP contribution in [0.3, 0.4) is 0 Å². The van der Waals surface area contributed by atoms with Gasteiger partial charge in [0.25, 0.3) is 0 Å². The number of benzene rings is 2. The van der Waals surface area contributed by atoms with Crippen molar-refractivity contribution in [2.75, 3.05) is 13.6 Å². The van der Waals surface area contributed by atoms with Gasteiger partial charge in [-0.25, -0.2) is 0 Å². The van der Waals surface area contributed by atoms with Crippen LogP contribution in [-0.2, 0) is 0 Å². The van der Waals surface area contributed by atoms with Gasteiger partial charge < -0.3 is 10.4 Å². The van der Waals surface area contributed by atoms with Gasteiger partial charge in [-0.15, -0.1) is 11.3 Å². The van der Waals surface area contributed by atoms with E-state index in [0.717, 1.165) is 40.6 Å². The second kappa shape index (κ2) is 13.0. The molecule has 30 heavy (non-hydrogen) atoms. The Balaban J connectivity index is 0.00000106. The highest BCUT2D eigenvalue weighted by Gasteiger charge is 2.18. The number of phenols is 1. The zero-order valence-electron chi connectivity index (χ0n) is 19.2. The van der Waals surface area contributed by atoms with Crippen LogP contribution in [0.25, 0.3) is 22.3 Å². The average Bonchev–Trinajstić information content (AvgIpc) is 3.26. The molecule has 0 fully saturated rings. The molecule has 162 valence electrons. The lowest BCUT2D eigenvalue weighted by molar-refractivity contribution is 0.112. The van der Waals surface area contributed by atoms with Crippen molar-refractivity contribution in [3.63, 3.8) is 0 Å². The Morgan fingerprint density at radius 2 is 1.63 bits per heavy atom. The molecule has 0 aliphatic rings. The van der Waals surface area contributed by atoms with E-state index in [1.54, 1.807) is 6.07 Å². The van der Waals surface area contributed by atoms with E-state index < -0.39 is 0 Å². The number of carbonyl (C=O) groups is 1. The molecule has 2 N–H and O–H groups in total. The van der Waals surface area contributed by atoms with Gasteiger partial charge in [0.2, 0.25) is 0 Å². The fourth-order valence-electron chi connectivity index (χ4n) is 3.36. The molecule has 1 aromatic heterocycles. The highest BCUT2D eigenvalue weighted by atomic mass is 32.1. The van der Waals surface area contributed by atoms with Crippen LogP contribution in [0.1, 0.15) is 61.3 Å². The van der Waals surface area contributed by atoms with E-state index in [0.29, 0.717) is 10.8 Å². The molecule has 3 nitrogen and oxygen atoms in total. The number of aryl methyl sites for hydroxylation is 1. The lowest BCUT2D eigenvalue weighted by Crippen LogP contribution is -2.14. The zero-order valence-corrected chi connectivity index (χ0v) is 20.1. The predicted octanol–water partition coefficient (Wildman–Crippen LogP) is 7.28. The average molecular weight is 426 g/mol. The van der Waals surface area contributed by atoms with Crippen molar-refractivity contribution < 1.29 is 9.90 Å². The highest BCUT2D eigenvalue weighted by Crippen LogP contribution is 2.43. The van der Waals surface area contributed by atoms with E-state index in [1.807, 2.05) is 71.3 Å². The van der Waals surface area contributed by atoms with E-state index in [1.165, 1.54) is 16.9 Å². The van der Waals surface area contributed by atoms with Gasteiger partial charge in [-0.3, -0.25) is 4.79 Å². The number of thiophene rings is 1. The van der Waals surface area contributed by atoms with Gasteiger partial charge in [-0.1, -0.05) is 65.0 Å². The molecule has 0 aliphatic heterocycles. The van der Waals surface area contributed by atoms with Crippen LogP contribution in [0.4, 0.5) is 0 Å². The topological polar surface area (TPSA) is 49.3 Å². The number of carbonyl (C=O) groups excluding carboxylic acids is 1. The molecule has 0 radical (unpaired) electrons. The van der Waals surface area contributed by atoms with Crippen LogP contribution in [0.2, 0.25) is 0 Å². The Morgan fingerprint density at radius 1 is 1.00 bits per heavy atom. The third-order valence-electron chi connectivity index (χ3n) is 4.74. The summed E-state index contributed by atoms with van der Waals surface area (Å²) < 4.78 is 0. The maximum atomic E-state index is 11.4. The molecule has 3 aromatic rings. The first-order chi connectivity index (χ1) is 14.6. The van der Waals surface area contributed by atoms with Crippen molar-refractivity contribution in [3.8, 4) is 28.0 Å². The third-order valence-corrected chi connectivity index (χ3v) is 5.58. The summed E-state index contributed by atoms with van der Waals surface area (Å²) in [5, 5.41) is 15.7. The van der Waals surface area contributed by atoms with Crippen molar-refractivity contribution in [3.05, 3.63) is 63.8 Å². The third kappa shape index (κ3) is 5.80. The van der Waals surface area contributed by atoms with Crippen molar-refractivity contribution in [1.82, 2.24) is 5.32 Å². The molecule has 2 aromatic carbocycles. The highest BCUT2D eigenvalue weighted by molar-refractivity contribution is 7.12. The van der Waals surface area contributed by atoms with E-state index in [9.17, 15) is 9.90 Å². The van der Waals surface area contributed by atoms with Gasteiger partial charge in [0.05, 0.1) is 4.88 Å². The molecule has 1 unspecified atom stereocenters. The Hall–Kier alpha value is -2.43.